The van der Waals surface area contributed by atoms with Crippen LogP contribution in [-0.4, -0.2) is 14.7 Å². The van der Waals surface area contributed by atoms with E-state index in [1.54, 1.807) is 0 Å². The van der Waals surface area contributed by atoms with E-state index in [1.807, 2.05) is 108 Å². The Morgan fingerprint density at radius 1 is 0.857 bits per heavy atom. The minimum Gasteiger partial charge on any atom is -0.184 e. The number of benzene rings is 3. The first-order chi connectivity index (χ1) is 13.5. The van der Waals surface area contributed by atoms with Gasteiger partial charge in [-0.2, -0.15) is 36.4 Å². The van der Waals surface area contributed by atoms with Gasteiger partial charge in [-0.25, -0.2) is 8.42 Å². The van der Waals surface area contributed by atoms with Crippen molar-refractivity contribution in [2.45, 2.75) is 12.1 Å². The number of hydrogen-bond donors (Lipinski definition) is 1. The van der Waals surface area contributed by atoms with Gasteiger partial charge in [0.1, 0.15) is 0 Å². The van der Waals surface area contributed by atoms with Gasteiger partial charge in [-0.1, -0.05) is 72.3 Å². The summed E-state index contributed by atoms with van der Waals surface area (Å²) in [7, 11) is 1.09. The summed E-state index contributed by atoms with van der Waals surface area (Å²) in [6.45, 7) is 0. The van der Waals surface area contributed by atoms with Crippen LogP contribution in [-0.2, 0) is 27.3 Å². The Balaban J connectivity index is 0.000000411. The van der Waals surface area contributed by atoms with Crippen LogP contribution in [0, 0.1) is 6.07 Å². The molecule has 0 aromatic heterocycles. The summed E-state index contributed by atoms with van der Waals surface area (Å²) in [4.78, 5) is 0. The Kier molecular flexibility index (Phi) is 11.9. The Labute approximate surface area is 181 Å². The summed E-state index contributed by atoms with van der Waals surface area (Å²) in [6, 6.07) is 30.0. The fourth-order valence-electron chi connectivity index (χ4n) is 2.39. The molecule has 0 aliphatic carbocycles. The van der Waals surface area contributed by atoms with Crippen molar-refractivity contribution in [3.8, 4) is 0 Å². The van der Waals surface area contributed by atoms with E-state index in [4.69, 9.17) is 5.73 Å². The van der Waals surface area contributed by atoms with Crippen molar-refractivity contribution in [3.05, 3.63) is 113 Å². The maximum Gasteiger partial charge on any atom is -0.171 e. The molecule has 3 aromatic rings. The normalized spacial score (nSPS) is 12.4. The second-order valence-corrected chi connectivity index (χ2v) is 7.38. The molecule has 0 saturated carbocycles. The van der Waals surface area contributed by atoms with Crippen molar-refractivity contribution in [3.63, 3.8) is 0 Å². The smallest absolute Gasteiger partial charge is 0.171 e. The van der Waals surface area contributed by atoms with E-state index >= 15 is 0 Å². The number of sulfonamides is 1. The molecule has 0 bridgehead atoms. The van der Waals surface area contributed by atoms with Crippen molar-refractivity contribution in [2.24, 2.45) is 5.73 Å². The SMILES string of the molecule is CS(=O)(=O)[N-]C(c1ccccc1)C(N)c1ccccc1.[Cl][Ru+2].[c-]1ccccc1. The van der Waals surface area contributed by atoms with Gasteiger partial charge in [0.2, 0.25) is 0 Å². The van der Waals surface area contributed by atoms with Crippen LogP contribution in [0.15, 0.2) is 91.0 Å². The second-order valence-electron chi connectivity index (χ2n) is 5.71. The summed E-state index contributed by atoms with van der Waals surface area (Å²) in [5, 5.41) is 0. The van der Waals surface area contributed by atoms with E-state index in [0.717, 1.165) is 17.4 Å². The molecular weight excluding hydrogens is 481 g/mol. The molecule has 0 spiro atoms. The van der Waals surface area contributed by atoms with Crippen molar-refractivity contribution >= 4 is 19.7 Å². The monoisotopic (exact) mass is 503 g/mol. The van der Waals surface area contributed by atoms with Crippen molar-refractivity contribution < 1.29 is 25.7 Å². The van der Waals surface area contributed by atoms with E-state index in [-0.39, 0.29) is 0 Å². The maximum atomic E-state index is 11.5. The third-order valence-corrected chi connectivity index (χ3v) is 4.19. The molecule has 2 N–H and O–H groups in total. The molecule has 2 unspecified atom stereocenters. The van der Waals surface area contributed by atoms with Gasteiger partial charge < -0.3 is 10.5 Å². The van der Waals surface area contributed by atoms with Gasteiger partial charge in [0, 0.05) is 12.3 Å². The van der Waals surface area contributed by atoms with Crippen LogP contribution in [0.25, 0.3) is 4.72 Å². The zero-order valence-electron chi connectivity index (χ0n) is 15.3. The zero-order valence-corrected chi connectivity index (χ0v) is 18.6. The maximum absolute atomic E-state index is 11.5. The molecule has 2 atom stereocenters. The Bertz CT molecular complexity index is 840. The standard InChI is InChI=1S/C15H17N2O2S.C6H5.ClH.Ru/c1-20(18,19)17-15(13-10-6-3-7-11-13)14(16)12-8-4-2-5-9-12;1-2-4-6-5-3-1;;/h2-11,14-15H,16H2,1H3;1-5H;1H;/q2*-1;;+3/p-1. The molecule has 4 nitrogen and oxygen atoms in total. The van der Waals surface area contributed by atoms with Crippen LogP contribution < -0.4 is 5.73 Å². The Morgan fingerprint density at radius 3 is 1.64 bits per heavy atom. The van der Waals surface area contributed by atoms with Gasteiger partial charge in [0.25, 0.3) is 0 Å². The first-order valence-corrected chi connectivity index (χ1v) is 12.4. The van der Waals surface area contributed by atoms with Crippen LogP contribution in [0.4, 0.5) is 0 Å². The minimum atomic E-state index is -3.48. The van der Waals surface area contributed by atoms with E-state index in [0.29, 0.717) is 0 Å². The van der Waals surface area contributed by atoms with Crippen molar-refractivity contribution in [1.82, 2.24) is 0 Å². The van der Waals surface area contributed by atoms with Gasteiger partial charge >= 0.3 is 27.0 Å². The second kappa shape index (κ2) is 13.6. The summed E-state index contributed by atoms with van der Waals surface area (Å²) < 4.78 is 27.0. The van der Waals surface area contributed by atoms with Crippen molar-refractivity contribution in [1.29, 1.82) is 0 Å². The van der Waals surface area contributed by atoms with Gasteiger partial charge in [-0.15, -0.1) is 0 Å². The van der Waals surface area contributed by atoms with E-state index in [9.17, 15) is 8.42 Å². The predicted molar refractivity (Wildman–Crippen MR) is 112 cm³/mol. The molecular formula is C21H22ClN2O2RuS. The zero-order chi connectivity index (χ0) is 20.8. The summed E-state index contributed by atoms with van der Waals surface area (Å²) in [6.07, 6.45) is 1.08. The molecule has 149 valence electrons. The molecule has 0 heterocycles. The molecule has 3 aromatic carbocycles. The Morgan fingerprint density at radius 2 is 1.29 bits per heavy atom. The molecule has 0 aliphatic rings. The van der Waals surface area contributed by atoms with Crippen LogP contribution in [0.3, 0.4) is 0 Å². The fraction of sp³-hybridized carbons (Fsp3) is 0.143. The molecule has 3 rings (SSSR count). The molecule has 0 amide bonds. The first kappa shape index (κ1) is 24.5. The van der Waals surface area contributed by atoms with Crippen molar-refractivity contribution in [2.75, 3.05) is 6.26 Å². The summed E-state index contributed by atoms with van der Waals surface area (Å²) in [5.74, 6) is 0. The topological polar surface area (TPSA) is 74.3 Å². The summed E-state index contributed by atoms with van der Waals surface area (Å²) >= 11 is 1.82. The van der Waals surface area contributed by atoms with E-state index in [2.05, 4.69) is 20.5 Å². The van der Waals surface area contributed by atoms with Crippen LogP contribution in [0.2, 0.25) is 0 Å². The minimum absolute atomic E-state index is 0.506. The first-order valence-electron chi connectivity index (χ1n) is 8.29. The number of hydrogen-bond acceptors (Lipinski definition) is 3. The van der Waals surface area contributed by atoms with Gasteiger partial charge in [-0.05, 0) is 5.56 Å². The number of rotatable bonds is 5. The molecule has 7 heteroatoms. The van der Waals surface area contributed by atoms with Crippen LogP contribution >= 0.6 is 9.69 Å². The van der Waals surface area contributed by atoms with Crippen LogP contribution in [0.1, 0.15) is 23.2 Å². The third kappa shape index (κ3) is 9.58. The Hall–Kier alpha value is -1.56. The third-order valence-electron chi connectivity index (χ3n) is 3.58. The number of halogens is 1. The quantitative estimate of drug-likeness (QED) is 0.397. The molecule has 0 fully saturated rings. The predicted octanol–water partition coefficient (Wildman–Crippen LogP) is 4.93. The molecule has 0 aliphatic heterocycles. The van der Waals surface area contributed by atoms with E-state index < -0.39 is 22.1 Å². The average molecular weight is 503 g/mol. The largest absolute Gasteiger partial charge is 0.184 e. The van der Waals surface area contributed by atoms with Gasteiger partial charge in [0.05, 0.1) is 10.0 Å². The number of nitrogens with two attached hydrogens (primary N) is 1. The summed E-state index contributed by atoms with van der Waals surface area (Å²) in [5.41, 5.74) is 7.86. The van der Waals surface area contributed by atoms with Gasteiger partial charge in [-0.3, -0.25) is 0 Å². The number of nitrogens with zero attached hydrogens (tertiary/aromatic N) is 1. The molecule has 28 heavy (non-hydrogen) atoms. The van der Waals surface area contributed by atoms with Gasteiger partial charge in [0.15, 0.2) is 0 Å². The molecule has 0 radical (unpaired) electrons. The average Bonchev–Trinajstić information content (AvgIpc) is 2.75. The fourth-order valence-corrected chi connectivity index (χ4v) is 3.06. The van der Waals surface area contributed by atoms with E-state index in [1.165, 1.54) is 0 Å². The molecule has 0 saturated heterocycles. The van der Waals surface area contributed by atoms with Crippen LogP contribution in [0.5, 0.6) is 0 Å².